The Kier molecular flexibility index (Phi) is 4.33. The molecule has 0 saturated carbocycles. The summed E-state index contributed by atoms with van der Waals surface area (Å²) in [6.45, 7) is 0. The van der Waals surface area contributed by atoms with Gasteiger partial charge in [0.2, 0.25) is 11.6 Å². The van der Waals surface area contributed by atoms with E-state index in [0.717, 1.165) is 11.1 Å². The second kappa shape index (κ2) is 6.74. The van der Waals surface area contributed by atoms with Gasteiger partial charge >= 0.3 is 5.69 Å². The molecule has 3 rings (SSSR count). The third-order valence-electron chi connectivity index (χ3n) is 3.58. The Morgan fingerprint density at radius 2 is 1.50 bits per heavy atom. The first kappa shape index (κ1) is 15.4. The number of benzene rings is 2. The Morgan fingerprint density at radius 1 is 0.958 bits per heavy atom. The van der Waals surface area contributed by atoms with Crippen LogP contribution in [0, 0.1) is 10.1 Å². The molecule has 0 radical (unpaired) electrons. The SMILES string of the molecule is Nc1ncnc(NC(c2ccccc2)c2ccccc2)c1[N+](=O)[O-]. The average molecular weight is 321 g/mol. The van der Waals surface area contributed by atoms with Gasteiger partial charge in [-0.3, -0.25) is 10.1 Å². The van der Waals surface area contributed by atoms with Crippen molar-refractivity contribution in [3.05, 3.63) is 88.2 Å². The second-order valence-electron chi connectivity index (χ2n) is 5.11. The van der Waals surface area contributed by atoms with Crippen molar-refractivity contribution in [1.29, 1.82) is 0 Å². The Labute approximate surface area is 138 Å². The van der Waals surface area contributed by atoms with Crippen molar-refractivity contribution in [2.45, 2.75) is 6.04 Å². The van der Waals surface area contributed by atoms with Crippen molar-refractivity contribution in [3.8, 4) is 0 Å². The minimum absolute atomic E-state index is 0.0882. The van der Waals surface area contributed by atoms with Gasteiger partial charge in [-0.2, -0.15) is 0 Å². The molecule has 120 valence electrons. The monoisotopic (exact) mass is 321 g/mol. The molecule has 1 aromatic heterocycles. The van der Waals surface area contributed by atoms with Crippen LogP contribution in [0.2, 0.25) is 0 Å². The fourth-order valence-corrected chi connectivity index (χ4v) is 2.46. The van der Waals surface area contributed by atoms with Crippen LogP contribution in [0.1, 0.15) is 17.2 Å². The van der Waals surface area contributed by atoms with Crippen LogP contribution >= 0.6 is 0 Å². The van der Waals surface area contributed by atoms with Crippen LogP contribution in [0.25, 0.3) is 0 Å². The maximum atomic E-state index is 11.3. The van der Waals surface area contributed by atoms with Crippen LogP contribution in [-0.2, 0) is 0 Å². The van der Waals surface area contributed by atoms with Gasteiger partial charge in [-0.25, -0.2) is 9.97 Å². The van der Waals surface area contributed by atoms with Gasteiger partial charge in [0.15, 0.2) is 0 Å². The molecular weight excluding hydrogens is 306 g/mol. The van der Waals surface area contributed by atoms with Crippen LogP contribution in [0.3, 0.4) is 0 Å². The molecular formula is C17H15N5O2. The summed E-state index contributed by atoms with van der Waals surface area (Å²) in [4.78, 5) is 18.4. The fraction of sp³-hybridized carbons (Fsp3) is 0.0588. The Balaban J connectivity index is 2.06. The Morgan fingerprint density at radius 3 is 2.00 bits per heavy atom. The van der Waals surface area contributed by atoms with Crippen molar-refractivity contribution < 1.29 is 4.92 Å². The van der Waals surface area contributed by atoms with E-state index in [9.17, 15) is 10.1 Å². The van der Waals surface area contributed by atoms with Crippen LogP contribution in [0.4, 0.5) is 17.3 Å². The van der Waals surface area contributed by atoms with Gasteiger partial charge < -0.3 is 11.1 Å². The summed E-state index contributed by atoms with van der Waals surface area (Å²) in [7, 11) is 0. The smallest absolute Gasteiger partial charge is 0.353 e. The van der Waals surface area contributed by atoms with Crippen molar-refractivity contribution in [2.75, 3.05) is 11.1 Å². The fourth-order valence-electron chi connectivity index (χ4n) is 2.46. The molecule has 1 heterocycles. The molecule has 0 fully saturated rings. The molecule has 0 unspecified atom stereocenters. The van der Waals surface area contributed by atoms with Gasteiger partial charge in [-0.15, -0.1) is 0 Å². The van der Waals surface area contributed by atoms with Crippen molar-refractivity contribution in [3.63, 3.8) is 0 Å². The van der Waals surface area contributed by atoms with Gasteiger partial charge in [0.05, 0.1) is 11.0 Å². The molecule has 7 heteroatoms. The third kappa shape index (κ3) is 3.14. The summed E-state index contributed by atoms with van der Waals surface area (Å²) < 4.78 is 0. The van der Waals surface area contributed by atoms with E-state index in [-0.39, 0.29) is 23.4 Å². The number of nitrogen functional groups attached to an aromatic ring is 1. The normalized spacial score (nSPS) is 10.5. The topological polar surface area (TPSA) is 107 Å². The lowest BCUT2D eigenvalue weighted by atomic mass is 9.99. The summed E-state index contributed by atoms with van der Waals surface area (Å²) in [5.74, 6) is -0.0809. The molecule has 0 aliphatic heterocycles. The van der Waals surface area contributed by atoms with E-state index < -0.39 is 4.92 Å². The molecule has 3 N–H and O–H groups in total. The molecule has 0 amide bonds. The molecule has 24 heavy (non-hydrogen) atoms. The maximum absolute atomic E-state index is 11.3. The zero-order chi connectivity index (χ0) is 16.9. The van der Waals surface area contributed by atoms with Crippen LogP contribution in [-0.4, -0.2) is 14.9 Å². The first-order valence-corrected chi connectivity index (χ1v) is 7.28. The quantitative estimate of drug-likeness (QED) is 0.552. The molecule has 2 aromatic carbocycles. The minimum Gasteiger partial charge on any atom is -0.378 e. The standard InChI is InChI=1S/C17H15N5O2/c18-16-15(22(23)24)17(20-11-19-16)21-14(12-7-3-1-4-8-12)13-9-5-2-6-10-13/h1-11,14H,(H3,18,19,20,21). The summed E-state index contributed by atoms with van der Waals surface area (Å²) >= 11 is 0. The predicted molar refractivity (Wildman–Crippen MR) is 91.4 cm³/mol. The zero-order valence-corrected chi connectivity index (χ0v) is 12.7. The number of anilines is 2. The van der Waals surface area contributed by atoms with E-state index in [1.54, 1.807) is 0 Å². The highest BCUT2D eigenvalue weighted by atomic mass is 16.6. The third-order valence-corrected chi connectivity index (χ3v) is 3.58. The molecule has 0 bridgehead atoms. The number of nitrogens with two attached hydrogens (primary N) is 1. The largest absolute Gasteiger partial charge is 0.378 e. The van der Waals surface area contributed by atoms with Gasteiger partial charge in [0.25, 0.3) is 0 Å². The maximum Gasteiger partial charge on any atom is 0.353 e. The number of aromatic nitrogens is 2. The summed E-state index contributed by atoms with van der Waals surface area (Å²) in [6, 6.07) is 19.0. The van der Waals surface area contributed by atoms with E-state index >= 15 is 0 Å². The highest BCUT2D eigenvalue weighted by Gasteiger charge is 2.24. The lowest BCUT2D eigenvalue weighted by Crippen LogP contribution is -2.15. The number of nitrogens with one attached hydrogen (secondary N) is 1. The number of nitro groups is 1. The average Bonchev–Trinajstić information content (AvgIpc) is 2.61. The molecule has 0 atom stereocenters. The Hall–Kier alpha value is -3.48. The highest BCUT2D eigenvalue weighted by molar-refractivity contribution is 5.68. The molecule has 0 aliphatic rings. The van der Waals surface area contributed by atoms with Crippen molar-refractivity contribution >= 4 is 17.3 Å². The van der Waals surface area contributed by atoms with Crippen molar-refractivity contribution in [1.82, 2.24) is 9.97 Å². The lowest BCUT2D eigenvalue weighted by Gasteiger charge is -2.20. The number of hydrogen-bond acceptors (Lipinski definition) is 6. The lowest BCUT2D eigenvalue weighted by molar-refractivity contribution is -0.383. The molecule has 0 spiro atoms. The first-order chi connectivity index (χ1) is 11.7. The van der Waals surface area contributed by atoms with Gasteiger partial charge in [-0.05, 0) is 11.1 Å². The van der Waals surface area contributed by atoms with Gasteiger partial charge in [0, 0.05) is 0 Å². The summed E-state index contributed by atoms with van der Waals surface area (Å²) in [6.07, 6.45) is 1.21. The zero-order valence-electron chi connectivity index (χ0n) is 12.7. The number of rotatable bonds is 5. The summed E-state index contributed by atoms with van der Waals surface area (Å²) in [5.41, 5.74) is 7.23. The number of nitrogens with zero attached hydrogens (tertiary/aromatic N) is 3. The summed E-state index contributed by atoms with van der Waals surface area (Å²) in [5, 5.41) is 14.4. The first-order valence-electron chi connectivity index (χ1n) is 7.28. The van der Waals surface area contributed by atoms with Crippen LogP contribution < -0.4 is 11.1 Å². The van der Waals surface area contributed by atoms with Crippen LogP contribution in [0.5, 0.6) is 0 Å². The van der Waals surface area contributed by atoms with Crippen LogP contribution in [0.15, 0.2) is 67.0 Å². The molecule has 7 nitrogen and oxygen atoms in total. The molecule has 0 aliphatic carbocycles. The van der Waals surface area contributed by atoms with E-state index in [2.05, 4.69) is 15.3 Å². The van der Waals surface area contributed by atoms with E-state index in [1.807, 2.05) is 60.7 Å². The Bertz CT molecular complexity index is 801. The second-order valence-corrected chi connectivity index (χ2v) is 5.11. The van der Waals surface area contributed by atoms with E-state index in [4.69, 9.17) is 5.73 Å². The van der Waals surface area contributed by atoms with E-state index in [1.165, 1.54) is 6.33 Å². The number of hydrogen-bond donors (Lipinski definition) is 2. The van der Waals surface area contributed by atoms with Crippen molar-refractivity contribution in [2.24, 2.45) is 0 Å². The predicted octanol–water partition coefficient (Wildman–Crippen LogP) is 3.17. The van der Waals surface area contributed by atoms with Gasteiger partial charge in [-0.1, -0.05) is 60.7 Å². The highest BCUT2D eigenvalue weighted by Crippen LogP contribution is 2.32. The molecule has 3 aromatic rings. The van der Waals surface area contributed by atoms with E-state index in [0.29, 0.717) is 0 Å². The van der Waals surface area contributed by atoms with Gasteiger partial charge in [0.1, 0.15) is 6.33 Å². The molecule has 0 saturated heterocycles. The minimum atomic E-state index is -0.579.